The average molecular weight is 445 g/mol. The molecule has 1 amide bonds. The number of hydrogen-bond acceptors (Lipinski definition) is 3. The van der Waals surface area contributed by atoms with E-state index < -0.39 is 29.7 Å². The van der Waals surface area contributed by atoms with Crippen molar-refractivity contribution in [2.45, 2.75) is 51.0 Å². The number of fused-ring (bicyclic) bond motifs is 1. The highest BCUT2D eigenvalue weighted by molar-refractivity contribution is 9.10. The fourth-order valence-electron chi connectivity index (χ4n) is 3.05. The third-order valence-electron chi connectivity index (χ3n) is 4.24. The first-order chi connectivity index (χ1) is 12.5. The lowest BCUT2D eigenvalue weighted by molar-refractivity contribution is -0.173. The zero-order valence-corrected chi connectivity index (χ0v) is 16.6. The lowest BCUT2D eigenvalue weighted by atomic mass is 9.96. The third-order valence-corrected chi connectivity index (χ3v) is 4.77. The molecule has 0 spiro atoms. The Labute approximate surface area is 163 Å². The number of nitrogens with zero attached hydrogens (tertiary/aromatic N) is 2. The molecular weight excluding hydrogens is 425 g/mol. The lowest BCUT2D eigenvalue weighted by Crippen LogP contribution is -2.41. The number of hydrogen-bond donors (Lipinski definition) is 2. The number of aromatic nitrogens is 2. The molecule has 2 atom stereocenters. The van der Waals surface area contributed by atoms with Crippen LogP contribution in [-0.4, -0.2) is 27.4 Å². The van der Waals surface area contributed by atoms with Gasteiger partial charge in [0.15, 0.2) is 6.04 Å². The van der Waals surface area contributed by atoms with Gasteiger partial charge in [-0.2, -0.15) is 18.3 Å². The number of rotatable bonds is 2. The smallest absolute Gasteiger partial charge is 0.363 e. The summed E-state index contributed by atoms with van der Waals surface area (Å²) in [7, 11) is 0. The number of amides is 1. The van der Waals surface area contributed by atoms with Crippen molar-refractivity contribution in [2.24, 2.45) is 0 Å². The summed E-state index contributed by atoms with van der Waals surface area (Å²) in [5.41, 5.74) is 0.290. The van der Waals surface area contributed by atoms with E-state index in [0.717, 1.165) is 9.15 Å². The zero-order valence-electron chi connectivity index (χ0n) is 15.1. The molecule has 146 valence electrons. The molecule has 9 heteroatoms. The summed E-state index contributed by atoms with van der Waals surface area (Å²) in [6.07, 6.45) is -3.50. The molecule has 3 rings (SSSR count). The van der Waals surface area contributed by atoms with Gasteiger partial charge >= 0.3 is 6.18 Å². The maximum Gasteiger partial charge on any atom is 0.410 e. The van der Waals surface area contributed by atoms with E-state index in [-0.39, 0.29) is 17.8 Å². The van der Waals surface area contributed by atoms with Gasteiger partial charge < -0.3 is 10.6 Å². The van der Waals surface area contributed by atoms with E-state index in [1.807, 2.05) is 0 Å². The van der Waals surface area contributed by atoms with Crippen LogP contribution in [0.1, 0.15) is 55.2 Å². The molecule has 2 heterocycles. The minimum absolute atomic E-state index is 0.0817. The van der Waals surface area contributed by atoms with Crippen molar-refractivity contribution in [3.05, 3.63) is 46.1 Å². The van der Waals surface area contributed by atoms with E-state index in [2.05, 4.69) is 31.7 Å². The van der Waals surface area contributed by atoms with Gasteiger partial charge in [-0.3, -0.25) is 4.79 Å². The highest BCUT2D eigenvalue weighted by atomic mass is 79.9. The molecule has 1 aliphatic rings. The van der Waals surface area contributed by atoms with Crippen molar-refractivity contribution in [1.29, 1.82) is 0 Å². The van der Waals surface area contributed by atoms with Gasteiger partial charge in [0.25, 0.3) is 5.91 Å². The Morgan fingerprint density at radius 3 is 2.44 bits per heavy atom. The Balaban J connectivity index is 2.01. The monoisotopic (exact) mass is 444 g/mol. The first kappa shape index (κ1) is 19.7. The SMILES string of the molecule is CC(C)(C)NC(=O)c1cnn2c1N[C@H](c1ccc(Br)cc1)C[C@@H]2C(F)(F)F. The van der Waals surface area contributed by atoms with Crippen LogP contribution in [0.5, 0.6) is 0 Å². The second kappa shape index (κ2) is 6.85. The summed E-state index contributed by atoms with van der Waals surface area (Å²) in [6, 6.07) is 4.68. The Morgan fingerprint density at radius 1 is 1.26 bits per heavy atom. The van der Waals surface area contributed by atoms with Crippen LogP contribution in [0.3, 0.4) is 0 Å². The van der Waals surface area contributed by atoms with E-state index in [0.29, 0.717) is 5.56 Å². The number of alkyl halides is 3. The molecule has 1 aromatic carbocycles. The maximum atomic E-state index is 13.7. The van der Waals surface area contributed by atoms with E-state index in [1.54, 1.807) is 45.0 Å². The molecule has 2 N–H and O–H groups in total. The van der Waals surface area contributed by atoms with Crippen molar-refractivity contribution < 1.29 is 18.0 Å². The highest BCUT2D eigenvalue weighted by Crippen LogP contribution is 2.44. The molecule has 1 aliphatic heterocycles. The minimum Gasteiger partial charge on any atom is -0.363 e. The minimum atomic E-state index is -4.48. The first-order valence-electron chi connectivity index (χ1n) is 8.44. The van der Waals surface area contributed by atoms with E-state index in [9.17, 15) is 18.0 Å². The molecular formula is C18H20BrF3N4O. The number of halogens is 4. The van der Waals surface area contributed by atoms with Gasteiger partial charge in [-0.1, -0.05) is 28.1 Å². The molecule has 0 unspecified atom stereocenters. The zero-order chi connectivity index (χ0) is 20.0. The summed E-state index contributed by atoms with van der Waals surface area (Å²) >= 11 is 3.32. The molecule has 0 aliphatic carbocycles. The number of carbonyl (C=O) groups is 1. The van der Waals surface area contributed by atoms with Crippen LogP contribution in [0.25, 0.3) is 0 Å². The van der Waals surface area contributed by atoms with Gasteiger partial charge in [-0.25, -0.2) is 4.68 Å². The summed E-state index contributed by atoms with van der Waals surface area (Å²) in [5.74, 6) is -0.383. The van der Waals surface area contributed by atoms with Crippen molar-refractivity contribution >= 4 is 27.7 Å². The highest BCUT2D eigenvalue weighted by Gasteiger charge is 2.47. The van der Waals surface area contributed by atoms with Gasteiger partial charge in [-0.05, 0) is 38.5 Å². The van der Waals surface area contributed by atoms with Crippen LogP contribution in [0.15, 0.2) is 34.9 Å². The molecule has 1 aromatic heterocycles. The van der Waals surface area contributed by atoms with Gasteiger partial charge in [0.05, 0.1) is 12.2 Å². The lowest BCUT2D eigenvalue weighted by Gasteiger charge is -2.34. The van der Waals surface area contributed by atoms with Gasteiger partial charge in [-0.15, -0.1) is 0 Å². The van der Waals surface area contributed by atoms with Crippen molar-refractivity contribution in [3.63, 3.8) is 0 Å². The predicted octanol–water partition coefficient (Wildman–Crippen LogP) is 4.83. The van der Waals surface area contributed by atoms with Crippen LogP contribution in [-0.2, 0) is 0 Å². The normalized spacial score (nSPS) is 20.0. The fraction of sp³-hybridized carbons (Fsp3) is 0.444. The van der Waals surface area contributed by atoms with Crippen molar-refractivity contribution in [2.75, 3.05) is 5.32 Å². The average Bonchev–Trinajstić information content (AvgIpc) is 2.96. The van der Waals surface area contributed by atoms with Crippen LogP contribution in [0.2, 0.25) is 0 Å². The summed E-state index contributed by atoms with van der Waals surface area (Å²) < 4.78 is 42.7. The van der Waals surface area contributed by atoms with Gasteiger partial charge in [0.1, 0.15) is 11.4 Å². The van der Waals surface area contributed by atoms with Gasteiger partial charge in [0, 0.05) is 16.4 Å². The number of anilines is 1. The van der Waals surface area contributed by atoms with Crippen LogP contribution >= 0.6 is 15.9 Å². The topological polar surface area (TPSA) is 59.0 Å². The molecule has 0 saturated heterocycles. The molecule has 0 bridgehead atoms. The van der Waals surface area contributed by atoms with Gasteiger partial charge in [0.2, 0.25) is 0 Å². The van der Waals surface area contributed by atoms with E-state index in [1.165, 1.54) is 6.20 Å². The van der Waals surface area contributed by atoms with Crippen molar-refractivity contribution in [1.82, 2.24) is 15.1 Å². The molecule has 2 aromatic rings. The van der Waals surface area contributed by atoms with Crippen LogP contribution in [0, 0.1) is 0 Å². The summed E-state index contributed by atoms with van der Waals surface area (Å²) in [6.45, 7) is 5.41. The molecule has 27 heavy (non-hydrogen) atoms. The second-order valence-corrected chi connectivity index (χ2v) is 8.51. The number of benzene rings is 1. The largest absolute Gasteiger partial charge is 0.410 e. The molecule has 0 radical (unpaired) electrons. The standard InChI is InChI=1S/C18H20BrF3N4O/c1-17(2,3)25-16(27)12-9-23-26-14(18(20,21)22)8-13(24-15(12)26)10-4-6-11(19)7-5-10/h4-7,9,13-14,24H,8H2,1-3H3,(H,25,27)/t13-,14+/m0/s1. The Bertz CT molecular complexity index is 840. The number of carbonyl (C=O) groups excluding carboxylic acids is 1. The Morgan fingerprint density at radius 2 is 1.89 bits per heavy atom. The van der Waals surface area contributed by atoms with E-state index in [4.69, 9.17) is 0 Å². The van der Waals surface area contributed by atoms with Crippen molar-refractivity contribution in [3.8, 4) is 0 Å². The Hall–Kier alpha value is -2.03. The number of nitrogens with one attached hydrogen (secondary N) is 2. The second-order valence-electron chi connectivity index (χ2n) is 7.60. The molecule has 0 fully saturated rings. The summed E-state index contributed by atoms with van der Waals surface area (Å²) in [4.78, 5) is 12.5. The first-order valence-corrected chi connectivity index (χ1v) is 9.24. The summed E-state index contributed by atoms with van der Waals surface area (Å²) in [5, 5.41) is 9.71. The fourth-order valence-corrected chi connectivity index (χ4v) is 3.31. The quantitative estimate of drug-likeness (QED) is 0.696. The third kappa shape index (κ3) is 4.28. The molecule has 0 saturated carbocycles. The Kier molecular flexibility index (Phi) is 5.00. The molecule has 5 nitrogen and oxygen atoms in total. The predicted molar refractivity (Wildman–Crippen MR) is 99.7 cm³/mol. The maximum absolute atomic E-state index is 13.7. The van der Waals surface area contributed by atoms with Crippen LogP contribution < -0.4 is 10.6 Å². The van der Waals surface area contributed by atoms with E-state index >= 15 is 0 Å². The van der Waals surface area contributed by atoms with Crippen LogP contribution in [0.4, 0.5) is 19.0 Å².